The molecule has 1 aromatic carbocycles. The second kappa shape index (κ2) is 5.83. The number of nitrogens with zero attached hydrogens (tertiary/aromatic N) is 1. The number of halogens is 2. The Morgan fingerprint density at radius 1 is 1.47 bits per heavy atom. The van der Waals surface area contributed by atoms with Gasteiger partial charge < -0.3 is 10.3 Å². The third-order valence-corrected chi connectivity index (χ3v) is 3.16. The minimum absolute atomic E-state index is 0.164. The SMILES string of the molecule is C=CCNC(=O)CSc1nc2cc(F)c(F)cc2[nH]1. The molecule has 19 heavy (non-hydrogen) atoms. The molecule has 0 fully saturated rings. The molecule has 0 saturated carbocycles. The number of aromatic nitrogens is 2. The first kappa shape index (κ1) is 13.5. The number of amides is 1. The van der Waals surface area contributed by atoms with Gasteiger partial charge >= 0.3 is 0 Å². The number of imidazole rings is 1. The van der Waals surface area contributed by atoms with Crippen molar-refractivity contribution in [1.29, 1.82) is 0 Å². The number of rotatable bonds is 5. The van der Waals surface area contributed by atoms with E-state index < -0.39 is 11.6 Å². The monoisotopic (exact) mass is 283 g/mol. The number of H-pyrrole nitrogens is 1. The standard InChI is InChI=1S/C12H11F2N3OS/c1-2-3-15-11(18)6-19-12-16-9-4-7(13)8(14)5-10(9)17-12/h2,4-5H,1,3,6H2,(H,15,18)(H,16,17). The molecule has 0 radical (unpaired) electrons. The van der Waals surface area contributed by atoms with Gasteiger partial charge in [0.05, 0.1) is 16.8 Å². The lowest BCUT2D eigenvalue weighted by Crippen LogP contribution is -2.24. The van der Waals surface area contributed by atoms with Crippen LogP contribution in [0.15, 0.2) is 29.9 Å². The van der Waals surface area contributed by atoms with Crippen LogP contribution in [0.1, 0.15) is 0 Å². The number of nitrogens with one attached hydrogen (secondary N) is 2. The van der Waals surface area contributed by atoms with Crippen LogP contribution >= 0.6 is 11.8 Å². The molecule has 0 spiro atoms. The van der Waals surface area contributed by atoms with E-state index in [1.54, 1.807) is 6.08 Å². The number of carbonyl (C=O) groups is 1. The predicted octanol–water partition coefficient (Wildman–Crippen LogP) is 2.24. The number of fused-ring (bicyclic) bond motifs is 1. The third kappa shape index (κ3) is 3.31. The maximum Gasteiger partial charge on any atom is 0.230 e. The molecule has 0 unspecified atom stereocenters. The van der Waals surface area contributed by atoms with Crippen molar-refractivity contribution in [3.05, 3.63) is 36.4 Å². The maximum absolute atomic E-state index is 13.0. The van der Waals surface area contributed by atoms with E-state index in [9.17, 15) is 13.6 Å². The Labute approximate surface area is 112 Å². The van der Waals surface area contributed by atoms with Crippen LogP contribution in [-0.2, 0) is 4.79 Å². The minimum atomic E-state index is -0.945. The van der Waals surface area contributed by atoms with Crippen LogP contribution in [0.2, 0.25) is 0 Å². The Morgan fingerprint density at radius 2 is 2.21 bits per heavy atom. The van der Waals surface area contributed by atoms with Gasteiger partial charge in [0.2, 0.25) is 5.91 Å². The molecule has 1 heterocycles. The molecule has 0 atom stereocenters. The molecule has 0 bridgehead atoms. The van der Waals surface area contributed by atoms with E-state index in [0.717, 1.165) is 23.9 Å². The lowest BCUT2D eigenvalue weighted by molar-refractivity contribution is -0.118. The van der Waals surface area contributed by atoms with Gasteiger partial charge in [-0.15, -0.1) is 6.58 Å². The Kier molecular flexibility index (Phi) is 4.16. The van der Waals surface area contributed by atoms with Crippen molar-refractivity contribution in [2.24, 2.45) is 0 Å². The van der Waals surface area contributed by atoms with Gasteiger partial charge in [-0.25, -0.2) is 13.8 Å². The van der Waals surface area contributed by atoms with E-state index in [2.05, 4.69) is 21.9 Å². The van der Waals surface area contributed by atoms with Crippen molar-refractivity contribution in [1.82, 2.24) is 15.3 Å². The first-order chi connectivity index (χ1) is 9.10. The van der Waals surface area contributed by atoms with Crippen LogP contribution in [0.3, 0.4) is 0 Å². The van der Waals surface area contributed by atoms with Gasteiger partial charge in [-0.05, 0) is 0 Å². The van der Waals surface area contributed by atoms with E-state index >= 15 is 0 Å². The zero-order valence-electron chi connectivity index (χ0n) is 9.87. The summed E-state index contributed by atoms with van der Waals surface area (Å²) in [6.07, 6.45) is 1.58. The quantitative estimate of drug-likeness (QED) is 0.653. The van der Waals surface area contributed by atoms with Crippen LogP contribution in [-0.4, -0.2) is 28.2 Å². The molecule has 2 N–H and O–H groups in total. The predicted molar refractivity (Wildman–Crippen MR) is 69.9 cm³/mol. The summed E-state index contributed by atoms with van der Waals surface area (Å²) in [6, 6.07) is 2.06. The van der Waals surface area contributed by atoms with Crippen LogP contribution < -0.4 is 5.32 Å². The highest BCUT2D eigenvalue weighted by Gasteiger charge is 2.10. The van der Waals surface area contributed by atoms with Crippen molar-refractivity contribution >= 4 is 28.7 Å². The Balaban J connectivity index is 2.05. The summed E-state index contributed by atoms with van der Waals surface area (Å²) in [6.45, 7) is 3.88. The van der Waals surface area contributed by atoms with Gasteiger partial charge in [0.1, 0.15) is 0 Å². The Morgan fingerprint density at radius 3 is 2.95 bits per heavy atom. The van der Waals surface area contributed by atoms with Crippen molar-refractivity contribution in [3.8, 4) is 0 Å². The summed E-state index contributed by atoms with van der Waals surface area (Å²) in [5.41, 5.74) is 0.723. The minimum Gasteiger partial charge on any atom is -0.352 e. The number of hydrogen-bond acceptors (Lipinski definition) is 3. The molecule has 2 aromatic rings. The van der Waals surface area contributed by atoms with E-state index in [-0.39, 0.29) is 11.7 Å². The van der Waals surface area contributed by atoms with Crippen LogP contribution in [0.4, 0.5) is 8.78 Å². The largest absolute Gasteiger partial charge is 0.352 e. The number of carbonyl (C=O) groups excluding carboxylic acids is 1. The van der Waals surface area contributed by atoms with Gasteiger partial charge in [0, 0.05) is 18.7 Å². The molecule has 100 valence electrons. The summed E-state index contributed by atoms with van der Waals surface area (Å²) in [7, 11) is 0. The van der Waals surface area contributed by atoms with Gasteiger partial charge in [-0.1, -0.05) is 17.8 Å². The first-order valence-corrected chi connectivity index (χ1v) is 6.44. The summed E-state index contributed by atoms with van der Waals surface area (Å²) >= 11 is 1.16. The van der Waals surface area contributed by atoms with E-state index in [4.69, 9.17) is 0 Å². The van der Waals surface area contributed by atoms with Gasteiger partial charge in [0.25, 0.3) is 0 Å². The number of aromatic amines is 1. The first-order valence-electron chi connectivity index (χ1n) is 5.45. The van der Waals surface area contributed by atoms with Gasteiger partial charge in [0.15, 0.2) is 16.8 Å². The number of thioether (sulfide) groups is 1. The van der Waals surface area contributed by atoms with Crippen molar-refractivity contribution in [3.63, 3.8) is 0 Å². The zero-order chi connectivity index (χ0) is 13.8. The van der Waals surface area contributed by atoms with E-state index in [1.807, 2.05) is 0 Å². The van der Waals surface area contributed by atoms with E-state index in [1.165, 1.54) is 0 Å². The van der Waals surface area contributed by atoms with Gasteiger partial charge in [-0.2, -0.15) is 0 Å². The average Bonchev–Trinajstić information content (AvgIpc) is 2.76. The van der Waals surface area contributed by atoms with Gasteiger partial charge in [-0.3, -0.25) is 4.79 Å². The Hall–Kier alpha value is -1.89. The lowest BCUT2D eigenvalue weighted by atomic mass is 10.3. The molecule has 4 nitrogen and oxygen atoms in total. The van der Waals surface area contributed by atoms with Crippen molar-refractivity contribution in [2.75, 3.05) is 12.3 Å². The number of benzene rings is 1. The molecular formula is C12H11F2N3OS. The molecule has 0 aliphatic rings. The molecule has 7 heteroatoms. The fourth-order valence-corrected chi connectivity index (χ4v) is 2.14. The fourth-order valence-electron chi connectivity index (χ4n) is 1.42. The second-order valence-corrected chi connectivity index (χ2v) is 4.67. The summed E-state index contributed by atoms with van der Waals surface area (Å²) in [4.78, 5) is 18.2. The normalized spacial score (nSPS) is 10.6. The highest BCUT2D eigenvalue weighted by atomic mass is 32.2. The van der Waals surface area contributed by atoms with Crippen LogP contribution in [0.5, 0.6) is 0 Å². The van der Waals surface area contributed by atoms with Crippen molar-refractivity contribution in [2.45, 2.75) is 5.16 Å². The maximum atomic E-state index is 13.0. The van der Waals surface area contributed by atoms with Crippen LogP contribution in [0, 0.1) is 11.6 Å². The summed E-state index contributed by atoms with van der Waals surface area (Å²) in [5.74, 6) is -1.88. The average molecular weight is 283 g/mol. The third-order valence-electron chi connectivity index (χ3n) is 2.29. The zero-order valence-corrected chi connectivity index (χ0v) is 10.7. The molecular weight excluding hydrogens is 272 g/mol. The molecule has 2 rings (SSSR count). The molecule has 0 saturated heterocycles. The highest BCUT2D eigenvalue weighted by molar-refractivity contribution is 7.99. The molecule has 1 aromatic heterocycles. The summed E-state index contributed by atoms with van der Waals surface area (Å²) < 4.78 is 26.0. The molecule has 1 amide bonds. The summed E-state index contributed by atoms with van der Waals surface area (Å²) in [5, 5.41) is 3.05. The number of hydrogen-bond donors (Lipinski definition) is 2. The smallest absolute Gasteiger partial charge is 0.230 e. The highest BCUT2D eigenvalue weighted by Crippen LogP contribution is 2.21. The van der Waals surface area contributed by atoms with Crippen molar-refractivity contribution < 1.29 is 13.6 Å². The second-order valence-electron chi connectivity index (χ2n) is 3.71. The topological polar surface area (TPSA) is 57.8 Å². The Bertz CT molecular complexity index is 588. The van der Waals surface area contributed by atoms with E-state index in [0.29, 0.717) is 22.7 Å². The molecule has 0 aliphatic heterocycles. The van der Waals surface area contributed by atoms with Crippen LogP contribution in [0.25, 0.3) is 11.0 Å². The fraction of sp³-hybridized carbons (Fsp3) is 0.167. The lowest BCUT2D eigenvalue weighted by Gasteiger charge is -1.99. The molecule has 0 aliphatic carbocycles.